The average Bonchev–Trinajstić information content (AvgIpc) is 2.47. The van der Waals surface area contributed by atoms with E-state index in [0.29, 0.717) is 11.4 Å². The molecule has 0 saturated carbocycles. The van der Waals surface area contributed by atoms with Crippen LogP contribution in [0.3, 0.4) is 0 Å². The topological polar surface area (TPSA) is 68.2 Å². The zero-order chi connectivity index (χ0) is 17.0. The first kappa shape index (κ1) is 17.5. The zero-order valence-corrected chi connectivity index (χ0v) is 14.6. The number of amidine groups is 1. The largest absolute Gasteiger partial charge is 0.349 e. The molecule has 3 N–H and O–H groups in total. The van der Waals surface area contributed by atoms with Gasteiger partial charge in [0.15, 0.2) is 0 Å². The first-order chi connectivity index (χ1) is 10.8. The predicted octanol–water partition coefficient (Wildman–Crippen LogP) is 3.09. The van der Waals surface area contributed by atoms with Crippen LogP contribution in [-0.2, 0) is 0 Å². The number of hydrogen-bond acceptors (Lipinski definition) is 3. The molecule has 0 spiro atoms. The molecule has 1 saturated heterocycles. The molecule has 23 heavy (non-hydrogen) atoms. The Labute approximate surface area is 139 Å². The highest BCUT2D eigenvalue weighted by Gasteiger charge is 2.27. The number of anilines is 1. The SMILES string of the molecule is CC(=N)Nc1ccc(C(=O)NC2CCN(C(C)(C)C)CC2)cc1. The molecule has 1 amide bonds. The molecular weight excluding hydrogens is 288 g/mol. The fraction of sp³-hybridized carbons (Fsp3) is 0.556. The second-order valence-electron chi connectivity index (χ2n) is 7.23. The van der Waals surface area contributed by atoms with Gasteiger partial charge in [-0.15, -0.1) is 0 Å². The highest BCUT2D eigenvalue weighted by atomic mass is 16.1. The number of hydrogen-bond donors (Lipinski definition) is 3. The van der Waals surface area contributed by atoms with Gasteiger partial charge in [-0.2, -0.15) is 0 Å². The minimum Gasteiger partial charge on any atom is -0.349 e. The van der Waals surface area contributed by atoms with Crippen LogP contribution in [0.25, 0.3) is 0 Å². The predicted molar refractivity (Wildman–Crippen MR) is 95.3 cm³/mol. The van der Waals surface area contributed by atoms with E-state index in [0.717, 1.165) is 31.6 Å². The molecule has 1 aliphatic heterocycles. The molecular formula is C18H28N4O. The van der Waals surface area contributed by atoms with E-state index in [1.165, 1.54) is 0 Å². The average molecular weight is 316 g/mol. The molecule has 5 nitrogen and oxygen atoms in total. The minimum atomic E-state index is -0.0164. The van der Waals surface area contributed by atoms with E-state index >= 15 is 0 Å². The Morgan fingerprint density at radius 3 is 2.22 bits per heavy atom. The molecule has 0 atom stereocenters. The number of carbonyl (C=O) groups is 1. The number of nitrogens with zero attached hydrogens (tertiary/aromatic N) is 1. The number of piperidine rings is 1. The van der Waals surface area contributed by atoms with Crippen molar-refractivity contribution in [3.05, 3.63) is 29.8 Å². The van der Waals surface area contributed by atoms with Crippen molar-refractivity contribution < 1.29 is 4.79 Å². The first-order valence-corrected chi connectivity index (χ1v) is 8.24. The summed E-state index contributed by atoms with van der Waals surface area (Å²) in [5.74, 6) is 0.366. The lowest BCUT2D eigenvalue weighted by Gasteiger charge is -2.41. The van der Waals surface area contributed by atoms with Crippen LogP contribution in [0.2, 0.25) is 0 Å². The molecule has 1 aromatic rings. The van der Waals surface area contributed by atoms with Crippen molar-refractivity contribution in [2.75, 3.05) is 18.4 Å². The van der Waals surface area contributed by atoms with Crippen molar-refractivity contribution in [2.24, 2.45) is 0 Å². The molecule has 1 aliphatic rings. The summed E-state index contributed by atoms with van der Waals surface area (Å²) in [6.07, 6.45) is 1.99. The van der Waals surface area contributed by atoms with Gasteiger partial charge in [0.1, 0.15) is 0 Å². The van der Waals surface area contributed by atoms with E-state index in [4.69, 9.17) is 5.41 Å². The smallest absolute Gasteiger partial charge is 0.251 e. The summed E-state index contributed by atoms with van der Waals surface area (Å²) in [6.45, 7) is 10.4. The van der Waals surface area contributed by atoms with Crippen LogP contribution in [0.15, 0.2) is 24.3 Å². The summed E-state index contributed by atoms with van der Waals surface area (Å²) in [5, 5.41) is 13.5. The van der Waals surface area contributed by atoms with Crippen molar-refractivity contribution >= 4 is 17.4 Å². The van der Waals surface area contributed by atoms with Crippen LogP contribution in [0.1, 0.15) is 50.9 Å². The molecule has 0 unspecified atom stereocenters. The maximum atomic E-state index is 12.3. The maximum Gasteiger partial charge on any atom is 0.251 e. The Bertz CT molecular complexity index is 551. The summed E-state index contributed by atoms with van der Waals surface area (Å²) >= 11 is 0. The maximum absolute atomic E-state index is 12.3. The van der Waals surface area contributed by atoms with Crippen LogP contribution >= 0.6 is 0 Å². The highest BCUT2D eigenvalue weighted by Crippen LogP contribution is 2.20. The lowest BCUT2D eigenvalue weighted by Crippen LogP contribution is -2.50. The van der Waals surface area contributed by atoms with Crippen molar-refractivity contribution in [3.63, 3.8) is 0 Å². The Morgan fingerprint density at radius 1 is 1.17 bits per heavy atom. The molecule has 0 radical (unpaired) electrons. The summed E-state index contributed by atoms with van der Waals surface area (Å²) < 4.78 is 0. The Balaban J connectivity index is 1.87. The van der Waals surface area contributed by atoms with Crippen LogP contribution in [0.5, 0.6) is 0 Å². The van der Waals surface area contributed by atoms with Crippen LogP contribution in [0, 0.1) is 5.41 Å². The standard InChI is InChI=1S/C18H28N4O/c1-13(19)20-15-7-5-14(6-8-15)17(23)21-16-9-11-22(12-10-16)18(2,3)4/h5-8,16H,9-12H2,1-4H3,(H2,19,20)(H,21,23). The monoisotopic (exact) mass is 316 g/mol. The summed E-state index contributed by atoms with van der Waals surface area (Å²) in [7, 11) is 0. The zero-order valence-electron chi connectivity index (χ0n) is 14.6. The van der Waals surface area contributed by atoms with Gasteiger partial charge in [0.2, 0.25) is 0 Å². The van der Waals surface area contributed by atoms with E-state index in [-0.39, 0.29) is 17.5 Å². The van der Waals surface area contributed by atoms with Gasteiger partial charge in [0, 0.05) is 35.9 Å². The first-order valence-electron chi connectivity index (χ1n) is 8.24. The van der Waals surface area contributed by atoms with E-state index in [1.54, 1.807) is 19.1 Å². The van der Waals surface area contributed by atoms with Crippen molar-refractivity contribution in [1.82, 2.24) is 10.2 Å². The fourth-order valence-corrected chi connectivity index (χ4v) is 2.88. The summed E-state index contributed by atoms with van der Waals surface area (Å²) in [5.41, 5.74) is 1.69. The van der Waals surface area contributed by atoms with E-state index in [9.17, 15) is 4.79 Å². The number of likely N-dealkylation sites (tertiary alicyclic amines) is 1. The Hall–Kier alpha value is -1.88. The van der Waals surface area contributed by atoms with Crippen molar-refractivity contribution in [1.29, 1.82) is 5.41 Å². The molecule has 0 bridgehead atoms. The molecule has 126 valence electrons. The quantitative estimate of drug-likeness (QED) is 0.593. The van der Waals surface area contributed by atoms with Crippen molar-refractivity contribution in [3.8, 4) is 0 Å². The van der Waals surface area contributed by atoms with E-state index in [2.05, 4.69) is 36.3 Å². The Morgan fingerprint density at radius 2 is 1.74 bits per heavy atom. The number of carbonyl (C=O) groups excluding carboxylic acids is 1. The lowest BCUT2D eigenvalue weighted by molar-refractivity contribution is 0.0812. The molecule has 1 fully saturated rings. The molecule has 2 rings (SSSR count). The van der Waals surface area contributed by atoms with Gasteiger partial charge in [-0.3, -0.25) is 15.1 Å². The number of nitrogens with one attached hydrogen (secondary N) is 3. The highest BCUT2D eigenvalue weighted by molar-refractivity contribution is 5.96. The number of benzene rings is 1. The molecule has 5 heteroatoms. The second kappa shape index (κ2) is 7.13. The van der Waals surface area contributed by atoms with Gasteiger partial charge in [-0.05, 0) is 64.8 Å². The third kappa shape index (κ3) is 5.06. The van der Waals surface area contributed by atoms with Crippen LogP contribution < -0.4 is 10.6 Å². The normalized spacial score (nSPS) is 16.9. The molecule has 1 aromatic carbocycles. The van der Waals surface area contributed by atoms with Gasteiger partial charge in [-0.1, -0.05) is 0 Å². The van der Waals surface area contributed by atoms with Crippen LogP contribution in [0.4, 0.5) is 5.69 Å². The van der Waals surface area contributed by atoms with Gasteiger partial charge in [-0.25, -0.2) is 0 Å². The van der Waals surface area contributed by atoms with E-state index < -0.39 is 0 Å². The molecule has 1 heterocycles. The summed E-state index contributed by atoms with van der Waals surface area (Å²) in [6, 6.07) is 7.50. The Kier molecular flexibility index (Phi) is 5.42. The van der Waals surface area contributed by atoms with Gasteiger partial charge in [0.05, 0.1) is 5.84 Å². The second-order valence-corrected chi connectivity index (χ2v) is 7.23. The summed E-state index contributed by atoms with van der Waals surface area (Å²) in [4.78, 5) is 14.8. The van der Waals surface area contributed by atoms with Gasteiger partial charge >= 0.3 is 0 Å². The number of amides is 1. The van der Waals surface area contributed by atoms with Gasteiger partial charge < -0.3 is 10.6 Å². The fourth-order valence-electron chi connectivity index (χ4n) is 2.88. The minimum absolute atomic E-state index is 0.0164. The number of rotatable bonds is 3. The third-order valence-electron chi connectivity index (χ3n) is 4.26. The van der Waals surface area contributed by atoms with Gasteiger partial charge in [0.25, 0.3) is 5.91 Å². The third-order valence-corrected chi connectivity index (χ3v) is 4.26. The van der Waals surface area contributed by atoms with Crippen LogP contribution in [-0.4, -0.2) is 41.3 Å². The lowest BCUT2D eigenvalue weighted by atomic mass is 9.98. The molecule has 0 aromatic heterocycles. The molecule has 0 aliphatic carbocycles. The van der Waals surface area contributed by atoms with Crippen molar-refractivity contribution in [2.45, 2.75) is 52.1 Å². The van der Waals surface area contributed by atoms with E-state index in [1.807, 2.05) is 12.1 Å².